The fraction of sp³-hybridized carbons (Fsp3) is 0.182. The molecule has 3 amide bonds. The van der Waals surface area contributed by atoms with Crippen LogP contribution in [0.5, 0.6) is 5.75 Å². The van der Waals surface area contributed by atoms with E-state index in [1.165, 1.54) is 30.0 Å². The van der Waals surface area contributed by atoms with Gasteiger partial charge in [0.2, 0.25) is 17.7 Å². The second-order valence-electron chi connectivity index (χ2n) is 6.66. The van der Waals surface area contributed by atoms with Gasteiger partial charge in [-0.15, -0.1) is 11.3 Å². The van der Waals surface area contributed by atoms with Crippen LogP contribution in [0.25, 0.3) is 0 Å². The summed E-state index contributed by atoms with van der Waals surface area (Å²) in [4.78, 5) is 40.1. The number of nitrogens with one attached hydrogen (secondary N) is 3. The van der Waals surface area contributed by atoms with Crippen LogP contribution in [0.3, 0.4) is 0 Å². The minimum atomic E-state index is -0.192. The van der Waals surface area contributed by atoms with Crippen molar-refractivity contribution in [2.24, 2.45) is 0 Å². The van der Waals surface area contributed by atoms with E-state index in [0.717, 1.165) is 0 Å². The highest BCUT2D eigenvalue weighted by atomic mass is 32.2. The van der Waals surface area contributed by atoms with Gasteiger partial charge in [0.15, 0.2) is 4.34 Å². The SMILES string of the molecule is COc1cccc(NC(=O)Cc2csc(SCC(=O)Nc3cccc(NC(C)=O)c3)n2)c1. The molecule has 0 saturated carbocycles. The summed E-state index contributed by atoms with van der Waals surface area (Å²) >= 11 is 2.68. The van der Waals surface area contributed by atoms with Crippen LogP contribution >= 0.6 is 23.1 Å². The van der Waals surface area contributed by atoms with Crippen molar-refractivity contribution in [3.05, 3.63) is 59.6 Å². The summed E-state index contributed by atoms with van der Waals surface area (Å²) in [5, 5.41) is 10.1. The van der Waals surface area contributed by atoms with Crippen LogP contribution in [0.2, 0.25) is 0 Å². The molecule has 0 aliphatic carbocycles. The molecule has 166 valence electrons. The number of carbonyl (C=O) groups is 3. The van der Waals surface area contributed by atoms with Crippen molar-refractivity contribution < 1.29 is 19.1 Å². The number of benzene rings is 2. The van der Waals surface area contributed by atoms with Gasteiger partial charge in [0.25, 0.3) is 0 Å². The largest absolute Gasteiger partial charge is 0.497 e. The van der Waals surface area contributed by atoms with Crippen molar-refractivity contribution in [3.63, 3.8) is 0 Å². The zero-order valence-corrected chi connectivity index (χ0v) is 19.1. The molecule has 8 nitrogen and oxygen atoms in total. The second-order valence-corrected chi connectivity index (χ2v) is 8.74. The third kappa shape index (κ3) is 7.40. The molecule has 1 heterocycles. The number of carbonyl (C=O) groups excluding carboxylic acids is 3. The van der Waals surface area contributed by atoms with E-state index in [1.807, 2.05) is 5.38 Å². The van der Waals surface area contributed by atoms with Crippen molar-refractivity contribution in [3.8, 4) is 5.75 Å². The van der Waals surface area contributed by atoms with Gasteiger partial charge in [0.05, 0.1) is 25.0 Å². The van der Waals surface area contributed by atoms with E-state index < -0.39 is 0 Å². The quantitative estimate of drug-likeness (QED) is 0.408. The Hall–Kier alpha value is -3.37. The van der Waals surface area contributed by atoms with Gasteiger partial charge in [0.1, 0.15) is 5.75 Å². The Labute approximate surface area is 193 Å². The van der Waals surface area contributed by atoms with Crippen LogP contribution < -0.4 is 20.7 Å². The molecule has 0 bridgehead atoms. The Kier molecular flexibility index (Phi) is 8.23. The Bertz CT molecular complexity index is 1120. The monoisotopic (exact) mass is 470 g/mol. The summed E-state index contributed by atoms with van der Waals surface area (Å²) in [6, 6.07) is 14.0. The van der Waals surface area contributed by atoms with Gasteiger partial charge in [-0.2, -0.15) is 0 Å². The van der Waals surface area contributed by atoms with Crippen molar-refractivity contribution in [1.82, 2.24) is 4.98 Å². The van der Waals surface area contributed by atoms with Crippen LogP contribution in [0.4, 0.5) is 17.1 Å². The number of ether oxygens (including phenoxy) is 1. The molecule has 10 heteroatoms. The fourth-order valence-electron chi connectivity index (χ4n) is 2.71. The first-order valence-electron chi connectivity index (χ1n) is 9.60. The lowest BCUT2D eigenvalue weighted by Gasteiger charge is -2.07. The number of amides is 3. The average Bonchev–Trinajstić information content (AvgIpc) is 3.19. The Morgan fingerprint density at radius 1 is 0.969 bits per heavy atom. The minimum absolute atomic E-state index is 0.135. The van der Waals surface area contributed by atoms with Gasteiger partial charge in [-0.1, -0.05) is 23.9 Å². The number of rotatable bonds is 9. The van der Waals surface area contributed by atoms with Gasteiger partial charge in [-0.05, 0) is 30.3 Å². The molecule has 0 spiro atoms. The normalized spacial score (nSPS) is 10.3. The van der Waals surface area contributed by atoms with E-state index in [0.29, 0.717) is 32.8 Å². The summed E-state index contributed by atoms with van der Waals surface area (Å²) in [6.07, 6.45) is 0.135. The topological polar surface area (TPSA) is 109 Å². The number of thioether (sulfide) groups is 1. The summed E-state index contributed by atoms with van der Waals surface area (Å²) in [5.74, 6) is 0.281. The van der Waals surface area contributed by atoms with Gasteiger partial charge in [0, 0.05) is 35.4 Å². The molecule has 0 atom stereocenters. The molecule has 3 aromatic rings. The first-order chi connectivity index (χ1) is 15.4. The maximum Gasteiger partial charge on any atom is 0.234 e. The number of anilines is 3. The minimum Gasteiger partial charge on any atom is -0.497 e. The predicted molar refractivity (Wildman–Crippen MR) is 128 cm³/mol. The molecule has 0 radical (unpaired) electrons. The van der Waals surface area contributed by atoms with E-state index >= 15 is 0 Å². The van der Waals surface area contributed by atoms with E-state index in [9.17, 15) is 14.4 Å². The number of aromatic nitrogens is 1. The van der Waals surface area contributed by atoms with Crippen LogP contribution in [0.15, 0.2) is 58.3 Å². The smallest absolute Gasteiger partial charge is 0.234 e. The molecule has 3 rings (SSSR count). The van der Waals surface area contributed by atoms with Gasteiger partial charge in [-0.3, -0.25) is 14.4 Å². The number of methoxy groups -OCH3 is 1. The zero-order chi connectivity index (χ0) is 22.9. The summed E-state index contributed by atoms with van der Waals surface area (Å²) in [7, 11) is 1.57. The van der Waals surface area contributed by atoms with Crippen LogP contribution in [-0.4, -0.2) is 35.6 Å². The molecule has 0 fully saturated rings. The number of hydrogen-bond donors (Lipinski definition) is 3. The van der Waals surface area contributed by atoms with Crippen LogP contribution in [0, 0.1) is 0 Å². The lowest BCUT2D eigenvalue weighted by Crippen LogP contribution is -2.15. The molecule has 32 heavy (non-hydrogen) atoms. The Morgan fingerprint density at radius 2 is 1.62 bits per heavy atom. The highest BCUT2D eigenvalue weighted by Gasteiger charge is 2.11. The van der Waals surface area contributed by atoms with Crippen molar-refractivity contribution in [2.45, 2.75) is 17.7 Å². The molecule has 1 aromatic heterocycles. The Morgan fingerprint density at radius 3 is 2.34 bits per heavy atom. The summed E-state index contributed by atoms with van der Waals surface area (Å²) in [6.45, 7) is 1.42. The van der Waals surface area contributed by atoms with E-state index in [4.69, 9.17) is 4.74 Å². The number of thiazole rings is 1. The predicted octanol–water partition coefficient (Wildman–Crippen LogP) is 4.02. The average molecular weight is 471 g/mol. The van der Waals surface area contributed by atoms with E-state index in [2.05, 4.69) is 20.9 Å². The molecule has 0 aliphatic heterocycles. The standard InChI is InChI=1S/C22H22N4O4S2/c1-14(27)23-15-5-3-6-16(9-15)25-21(29)13-32-22-26-18(12-31-22)11-20(28)24-17-7-4-8-19(10-17)30-2/h3-10,12H,11,13H2,1-2H3,(H,23,27)(H,24,28)(H,25,29). The number of nitrogens with zero attached hydrogens (tertiary/aromatic N) is 1. The summed E-state index contributed by atoms with van der Waals surface area (Å²) in [5.41, 5.74) is 2.50. The second kappa shape index (κ2) is 11.3. The van der Waals surface area contributed by atoms with Crippen molar-refractivity contribution in [2.75, 3.05) is 28.8 Å². The first-order valence-corrected chi connectivity index (χ1v) is 11.5. The number of hydrogen-bond acceptors (Lipinski definition) is 7. The summed E-state index contributed by atoms with van der Waals surface area (Å²) < 4.78 is 5.85. The molecular formula is C22H22N4O4S2. The highest BCUT2D eigenvalue weighted by molar-refractivity contribution is 8.01. The molecule has 0 unspecified atom stereocenters. The van der Waals surface area contributed by atoms with E-state index in [1.54, 1.807) is 55.6 Å². The molecule has 0 saturated heterocycles. The van der Waals surface area contributed by atoms with Crippen molar-refractivity contribution in [1.29, 1.82) is 0 Å². The third-order valence-electron chi connectivity index (χ3n) is 4.02. The fourth-order valence-corrected chi connectivity index (χ4v) is 4.35. The molecule has 0 aliphatic rings. The molecule has 3 N–H and O–H groups in total. The van der Waals surface area contributed by atoms with Gasteiger partial charge in [-0.25, -0.2) is 4.98 Å². The third-order valence-corrected chi connectivity index (χ3v) is 6.09. The van der Waals surface area contributed by atoms with Crippen molar-refractivity contribution >= 4 is 57.9 Å². The van der Waals surface area contributed by atoms with Crippen LogP contribution in [0.1, 0.15) is 12.6 Å². The lowest BCUT2D eigenvalue weighted by atomic mass is 10.2. The Balaban J connectivity index is 1.47. The maximum atomic E-state index is 12.3. The highest BCUT2D eigenvalue weighted by Crippen LogP contribution is 2.24. The molecular weight excluding hydrogens is 448 g/mol. The maximum absolute atomic E-state index is 12.3. The first kappa shape index (κ1) is 23.3. The lowest BCUT2D eigenvalue weighted by molar-refractivity contribution is -0.116. The molecule has 2 aromatic carbocycles. The van der Waals surface area contributed by atoms with Gasteiger partial charge >= 0.3 is 0 Å². The zero-order valence-electron chi connectivity index (χ0n) is 17.5. The van der Waals surface area contributed by atoms with E-state index in [-0.39, 0.29) is 29.9 Å². The van der Waals surface area contributed by atoms with Crippen LogP contribution in [-0.2, 0) is 20.8 Å². The van der Waals surface area contributed by atoms with Gasteiger partial charge < -0.3 is 20.7 Å².